The van der Waals surface area contributed by atoms with Gasteiger partial charge in [-0.25, -0.2) is 0 Å². The topological polar surface area (TPSA) is 84.2 Å². The number of benzene rings is 2. The van der Waals surface area contributed by atoms with Crippen LogP contribution in [0, 0.1) is 0 Å². The maximum Gasteiger partial charge on any atom is 0.268 e. The Kier molecular flexibility index (Phi) is 4.43. The fourth-order valence-corrected chi connectivity index (χ4v) is 2.32. The highest BCUT2D eigenvalue weighted by Gasteiger charge is 2.27. The summed E-state index contributed by atoms with van der Waals surface area (Å²) >= 11 is 0. The van der Waals surface area contributed by atoms with Crippen molar-refractivity contribution in [3.63, 3.8) is 0 Å². The van der Waals surface area contributed by atoms with Crippen LogP contribution in [0.2, 0.25) is 0 Å². The molecular weight excluding hydrogens is 302 g/mol. The minimum absolute atomic E-state index is 0.217. The van der Waals surface area contributed by atoms with Gasteiger partial charge in [0.25, 0.3) is 11.8 Å². The molecule has 3 rings (SSSR count). The van der Waals surface area contributed by atoms with E-state index in [1.54, 1.807) is 42.5 Å². The van der Waals surface area contributed by atoms with Gasteiger partial charge in [-0.2, -0.15) is 0 Å². The predicted molar refractivity (Wildman–Crippen MR) is 94.4 cm³/mol. The standard InChI is InChI=1S/C19H17N3O2/c20-15-9-6-14(7-10-15)12-17-19(24)21-16(18(23)22-17)11-8-13-4-2-1-3-5-13/h1-12,16H,20H2,(H,21,24)(H,22,23). The third kappa shape index (κ3) is 3.70. The second kappa shape index (κ2) is 6.83. The van der Waals surface area contributed by atoms with Crippen LogP contribution in [0.4, 0.5) is 5.69 Å². The third-order valence-corrected chi connectivity index (χ3v) is 3.60. The average Bonchev–Trinajstić information content (AvgIpc) is 2.59. The van der Waals surface area contributed by atoms with Crippen molar-refractivity contribution < 1.29 is 9.59 Å². The van der Waals surface area contributed by atoms with E-state index in [4.69, 9.17) is 5.73 Å². The maximum atomic E-state index is 12.2. The Labute approximate surface area is 139 Å². The molecule has 0 aliphatic carbocycles. The van der Waals surface area contributed by atoms with Crippen molar-refractivity contribution in [2.45, 2.75) is 6.04 Å². The molecule has 0 bridgehead atoms. The van der Waals surface area contributed by atoms with E-state index in [0.717, 1.165) is 11.1 Å². The minimum Gasteiger partial charge on any atom is -0.399 e. The first kappa shape index (κ1) is 15.6. The second-order valence-electron chi connectivity index (χ2n) is 5.43. The van der Waals surface area contributed by atoms with Crippen LogP contribution >= 0.6 is 0 Å². The van der Waals surface area contributed by atoms with Gasteiger partial charge in [-0.15, -0.1) is 0 Å². The van der Waals surface area contributed by atoms with Crippen molar-refractivity contribution in [2.24, 2.45) is 0 Å². The summed E-state index contributed by atoms with van der Waals surface area (Å²) in [6.45, 7) is 0. The Morgan fingerprint density at radius 1 is 0.917 bits per heavy atom. The summed E-state index contributed by atoms with van der Waals surface area (Å²) in [5.74, 6) is -0.599. The Bertz CT molecular complexity index is 808. The molecule has 120 valence electrons. The number of anilines is 1. The van der Waals surface area contributed by atoms with Crippen LogP contribution in [0.25, 0.3) is 12.2 Å². The zero-order valence-corrected chi connectivity index (χ0v) is 12.9. The summed E-state index contributed by atoms with van der Waals surface area (Å²) in [4.78, 5) is 24.4. The molecule has 1 heterocycles. The molecule has 24 heavy (non-hydrogen) atoms. The molecule has 0 aromatic heterocycles. The van der Waals surface area contributed by atoms with Gasteiger partial charge in [-0.1, -0.05) is 54.6 Å². The van der Waals surface area contributed by atoms with Gasteiger partial charge in [-0.05, 0) is 29.3 Å². The van der Waals surface area contributed by atoms with E-state index >= 15 is 0 Å². The van der Waals surface area contributed by atoms with Gasteiger partial charge < -0.3 is 16.4 Å². The minimum atomic E-state index is -0.693. The average molecular weight is 319 g/mol. The molecule has 2 aromatic rings. The van der Waals surface area contributed by atoms with Crippen LogP contribution in [0.15, 0.2) is 66.4 Å². The predicted octanol–water partition coefficient (Wildman–Crippen LogP) is 1.94. The lowest BCUT2D eigenvalue weighted by atomic mass is 10.1. The van der Waals surface area contributed by atoms with E-state index in [2.05, 4.69) is 10.6 Å². The molecule has 1 aliphatic heterocycles. The van der Waals surface area contributed by atoms with Crippen molar-refractivity contribution in [2.75, 3.05) is 5.73 Å². The van der Waals surface area contributed by atoms with Crippen LogP contribution in [-0.4, -0.2) is 17.9 Å². The summed E-state index contributed by atoms with van der Waals surface area (Å²) in [6.07, 6.45) is 5.09. The number of nitrogen functional groups attached to an aromatic ring is 1. The number of hydrogen-bond acceptors (Lipinski definition) is 3. The number of carbonyl (C=O) groups is 2. The van der Waals surface area contributed by atoms with Gasteiger partial charge in [0.15, 0.2) is 0 Å². The number of carbonyl (C=O) groups excluding carboxylic acids is 2. The van der Waals surface area contributed by atoms with Crippen LogP contribution in [0.1, 0.15) is 11.1 Å². The molecule has 0 spiro atoms. The Balaban J connectivity index is 1.72. The number of nitrogens with one attached hydrogen (secondary N) is 2. The van der Waals surface area contributed by atoms with E-state index < -0.39 is 6.04 Å². The van der Waals surface area contributed by atoms with Crippen LogP contribution in [-0.2, 0) is 9.59 Å². The van der Waals surface area contributed by atoms with Gasteiger partial charge in [-0.3, -0.25) is 9.59 Å². The van der Waals surface area contributed by atoms with Crippen LogP contribution < -0.4 is 16.4 Å². The molecule has 5 nitrogen and oxygen atoms in total. The molecular formula is C19H17N3O2. The van der Waals surface area contributed by atoms with Crippen molar-refractivity contribution in [1.29, 1.82) is 0 Å². The number of piperazine rings is 1. The summed E-state index contributed by atoms with van der Waals surface area (Å²) in [7, 11) is 0. The number of amides is 2. The molecule has 1 saturated heterocycles. The Morgan fingerprint density at radius 2 is 1.62 bits per heavy atom. The smallest absolute Gasteiger partial charge is 0.268 e. The molecule has 0 radical (unpaired) electrons. The third-order valence-electron chi connectivity index (χ3n) is 3.60. The van der Waals surface area contributed by atoms with Gasteiger partial charge >= 0.3 is 0 Å². The SMILES string of the molecule is Nc1ccc(C=C2NC(=O)C(C=Cc3ccccc3)NC2=O)cc1. The molecule has 0 saturated carbocycles. The first-order chi connectivity index (χ1) is 11.6. The summed E-state index contributed by atoms with van der Waals surface area (Å²) in [5, 5.41) is 5.33. The first-order valence-corrected chi connectivity index (χ1v) is 7.54. The summed E-state index contributed by atoms with van der Waals surface area (Å²) in [6, 6.07) is 15.9. The number of nitrogens with two attached hydrogens (primary N) is 1. The largest absolute Gasteiger partial charge is 0.399 e. The van der Waals surface area contributed by atoms with E-state index in [1.165, 1.54) is 0 Å². The molecule has 4 N–H and O–H groups in total. The molecule has 1 atom stereocenters. The second-order valence-corrected chi connectivity index (χ2v) is 5.43. The molecule has 5 heteroatoms. The molecule has 1 aliphatic rings. The zero-order valence-electron chi connectivity index (χ0n) is 12.9. The fraction of sp³-hybridized carbons (Fsp3) is 0.0526. The Hall–Kier alpha value is -3.34. The van der Waals surface area contributed by atoms with Gasteiger partial charge in [0.2, 0.25) is 0 Å². The number of rotatable bonds is 3. The van der Waals surface area contributed by atoms with Gasteiger partial charge in [0.05, 0.1) is 0 Å². The lowest BCUT2D eigenvalue weighted by Crippen LogP contribution is -2.53. The first-order valence-electron chi connectivity index (χ1n) is 7.54. The normalized spacial score (nSPS) is 19.3. The fourth-order valence-electron chi connectivity index (χ4n) is 2.32. The monoisotopic (exact) mass is 319 g/mol. The van der Waals surface area contributed by atoms with Crippen molar-refractivity contribution in [3.8, 4) is 0 Å². The lowest BCUT2D eigenvalue weighted by Gasteiger charge is -2.22. The highest BCUT2D eigenvalue weighted by molar-refractivity contribution is 6.08. The lowest BCUT2D eigenvalue weighted by molar-refractivity contribution is -0.129. The molecule has 2 aromatic carbocycles. The van der Waals surface area contributed by atoms with Gasteiger partial charge in [0, 0.05) is 5.69 Å². The van der Waals surface area contributed by atoms with Crippen molar-refractivity contribution in [3.05, 3.63) is 77.5 Å². The van der Waals surface area contributed by atoms with Gasteiger partial charge in [0.1, 0.15) is 11.7 Å². The van der Waals surface area contributed by atoms with Crippen molar-refractivity contribution in [1.82, 2.24) is 10.6 Å². The quantitative estimate of drug-likeness (QED) is 0.597. The van der Waals surface area contributed by atoms with E-state index in [-0.39, 0.29) is 17.5 Å². The summed E-state index contributed by atoms with van der Waals surface area (Å²) in [5.41, 5.74) is 8.23. The molecule has 1 unspecified atom stereocenters. The van der Waals surface area contributed by atoms with Crippen LogP contribution in [0.5, 0.6) is 0 Å². The van der Waals surface area contributed by atoms with E-state index in [9.17, 15) is 9.59 Å². The summed E-state index contributed by atoms with van der Waals surface area (Å²) < 4.78 is 0. The molecule has 2 amide bonds. The highest BCUT2D eigenvalue weighted by Crippen LogP contribution is 2.12. The number of hydrogen-bond donors (Lipinski definition) is 3. The zero-order chi connectivity index (χ0) is 16.9. The molecule has 1 fully saturated rings. The Morgan fingerprint density at radius 3 is 2.33 bits per heavy atom. The van der Waals surface area contributed by atoms with E-state index in [1.807, 2.05) is 30.3 Å². The van der Waals surface area contributed by atoms with Crippen LogP contribution in [0.3, 0.4) is 0 Å². The van der Waals surface area contributed by atoms with Crippen molar-refractivity contribution >= 4 is 29.7 Å². The van der Waals surface area contributed by atoms with E-state index in [0.29, 0.717) is 5.69 Å². The maximum absolute atomic E-state index is 12.2. The highest BCUT2D eigenvalue weighted by atomic mass is 16.2.